The summed E-state index contributed by atoms with van der Waals surface area (Å²) in [6.45, 7) is 3.87. The summed E-state index contributed by atoms with van der Waals surface area (Å²) in [7, 11) is 0. The van der Waals surface area contributed by atoms with Crippen LogP contribution in [0.5, 0.6) is 0 Å². The fraction of sp³-hybridized carbons (Fsp3) is 0.421. The zero-order chi connectivity index (χ0) is 21.9. The number of aliphatic carboxylic acids is 1. The van der Waals surface area contributed by atoms with Gasteiger partial charge in [0.1, 0.15) is 10.8 Å². The van der Waals surface area contributed by atoms with Gasteiger partial charge in [0.05, 0.1) is 12.5 Å². The van der Waals surface area contributed by atoms with Crippen LogP contribution in [0.2, 0.25) is 0 Å². The minimum atomic E-state index is -5.08. The van der Waals surface area contributed by atoms with Gasteiger partial charge in [-0.15, -0.1) is 11.3 Å². The maximum absolute atomic E-state index is 13.3. The number of thiazole rings is 1. The molecular weight excluding hydrogens is 426 g/mol. The zero-order valence-electron chi connectivity index (χ0n) is 15.7. The molecule has 1 aromatic carbocycles. The molecule has 6 nitrogen and oxygen atoms in total. The molecule has 2 aliphatic heterocycles. The first-order valence-corrected chi connectivity index (χ1v) is 9.95. The van der Waals surface area contributed by atoms with Gasteiger partial charge in [-0.2, -0.15) is 13.2 Å². The van der Waals surface area contributed by atoms with E-state index in [-0.39, 0.29) is 17.6 Å². The summed E-state index contributed by atoms with van der Waals surface area (Å²) < 4.78 is 45.0. The largest absolute Gasteiger partial charge is 0.490 e. The Morgan fingerprint density at radius 2 is 1.97 bits per heavy atom. The van der Waals surface area contributed by atoms with Crippen LogP contribution in [0.1, 0.15) is 10.6 Å². The SMILES string of the molecule is O=C(O)C(F)(F)F.O=C1[C@H]2CN(Cc3nccs3)C[C@H]2CN1Cc1cccc(F)c1. The molecule has 2 fully saturated rings. The van der Waals surface area contributed by atoms with Gasteiger partial charge in [-0.3, -0.25) is 9.69 Å². The van der Waals surface area contributed by atoms with Crippen molar-refractivity contribution in [2.24, 2.45) is 11.8 Å². The van der Waals surface area contributed by atoms with Crippen LogP contribution in [0.3, 0.4) is 0 Å². The summed E-state index contributed by atoms with van der Waals surface area (Å²) >= 11 is 1.66. The van der Waals surface area contributed by atoms with Crippen molar-refractivity contribution >= 4 is 23.2 Å². The second-order valence-electron chi connectivity index (χ2n) is 7.14. The Morgan fingerprint density at radius 3 is 2.53 bits per heavy atom. The van der Waals surface area contributed by atoms with Crippen LogP contribution in [0, 0.1) is 17.7 Å². The molecule has 0 unspecified atom stereocenters. The lowest BCUT2D eigenvalue weighted by Gasteiger charge is -2.21. The summed E-state index contributed by atoms with van der Waals surface area (Å²) in [4.78, 5) is 30.0. The van der Waals surface area contributed by atoms with E-state index in [1.165, 1.54) is 12.1 Å². The molecule has 2 atom stereocenters. The fourth-order valence-corrected chi connectivity index (χ4v) is 4.34. The number of hydrogen-bond acceptors (Lipinski definition) is 5. The van der Waals surface area contributed by atoms with E-state index in [1.54, 1.807) is 17.4 Å². The quantitative estimate of drug-likeness (QED) is 0.733. The van der Waals surface area contributed by atoms with Crippen molar-refractivity contribution in [3.05, 3.63) is 52.2 Å². The van der Waals surface area contributed by atoms with Crippen LogP contribution in [0.4, 0.5) is 17.6 Å². The summed E-state index contributed by atoms with van der Waals surface area (Å²) in [6, 6.07) is 6.51. The monoisotopic (exact) mass is 445 g/mol. The van der Waals surface area contributed by atoms with E-state index in [9.17, 15) is 22.4 Å². The molecule has 0 bridgehead atoms. The minimum Gasteiger partial charge on any atom is -0.475 e. The summed E-state index contributed by atoms with van der Waals surface area (Å²) in [5.41, 5.74) is 0.859. The highest BCUT2D eigenvalue weighted by molar-refractivity contribution is 7.09. The van der Waals surface area contributed by atoms with Crippen molar-refractivity contribution < 1.29 is 32.3 Å². The lowest BCUT2D eigenvalue weighted by Crippen LogP contribution is -2.32. The molecular formula is C19H19F4N3O3S. The normalized spacial score (nSPS) is 21.3. The smallest absolute Gasteiger partial charge is 0.475 e. The average molecular weight is 445 g/mol. The second-order valence-corrected chi connectivity index (χ2v) is 8.12. The summed E-state index contributed by atoms with van der Waals surface area (Å²) in [6.07, 6.45) is -3.26. The molecule has 2 aliphatic rings. The van der Waals surface area contributed by atoms with Gasteiger partial charge in [0.25, 0.3) is 0 Å². The fourth-order valence-electron chi connectivity index (χ4n) is 3.68. The van der Waals surface area contributed by atoms with Crippen molar-refractivity contribution in [3.8, 4) is 0 Å². The molecule has 11 heteroatoms. The minimum absolute atomic E-state index is 0.0866. The number of benzene rings is 1. The number of aromatic nitrogens is 1. The highest BCUT2D eigenvalue weighted by atomic mass is 32.1. The molecule has 162 valence electrons. The van der Waals surface area contributed by atoms with Gasteiger partial charge in [0, 0.05) is 43.7 Å². The number of rotatable bonds is 4. The third-order valence-electron chi connectivity index (χ3n) is 4.95. The number of hydrogen-bond donors (Lipinski definition) is 1. The number of carbonyl (C=O) groups excluding carboxylic acids is 1. The van der Waals surface area contributed by atoms with Gasteiger partial charge in [0.15, 0.2) is 0 Å². The molecule has 4 rings (SSSR count). The van der Waals surface area contributed by atoms with Gasteiger partial charge in [-0.05, 0) is 17.7 Å². The predicted octanol–water partition coefficient (Wildman–Crippen LogP) is 3.01. The lowest BCUT2D eigenvalue weighted by atomic mass is 10.0. The number of alkyl halides is 3. The van der Waals surface area contributed by atoms with Crippen molar-refractivity contribution in [1.29, 1.82) is 0 Å². The number of likely N-dealkylation sites (tertiary alicyclic amines) is 2. The predicted molar refractivity (Wildman–Crippen MR) is 99.9 cm³/mol. The molecule has 0 saturated carbocycles. The first kappa shape index (κ1) is 22.2. The Morgan fingerprint density at radius 1 is 1.23 bits per heavy atom. The van der Waals surface area contributed by atoms with E-state index >= 15 is 0 Å². The van der Waals surface area contributed by atoms with Crippen LogP contribution in [0.25, 0.3) is 0 Å². The number of carboxylic acid groups (broad SMARTS) is 1. The lowest BCUT2D eigenvalue weighted by molar-refractivity contribution is -0.192. The Labute approximate surface area is 173 Å². The third-order valence-corrected chi connectivity index (χ3v) is 5.71. The van der Waals surface area contributed by atoms with Crippen molar-refractivity contribution in [2.45, 2.75) is 19.3 Å². The molecule has 1 N–H and O–H groups in total. The van der Waals surface area contributed by atoms with E-state index in [4.69, 9.17) is 9.90 Å². The number of amides is 1. The molecule has 3 heterocycles. The van der Waals surface area contributed by atoms with Gasteiger partial charge < -0.3 is 10.0 Å². The van der Waals surface area contributed by atoms with E-state index in [2.05, 4.69) is 9.88 Å². The average Bonchev–Trinajstić information content (AvgIpc) is 3.36. The Balaban J connectivity index is 0.000000318. The number of carbonyl (C=O) groups is 2. The Hall–Kier alpha value is -2.53. The van der Waals surface area contributed by atoms with Gasteiger partial charge in [-0.25, -0.2) is 14.2 Å². The number of nitrogens with zero attached hydrogens (tertiary/aromatic N) is 3. The maximum Gasteiger partial charge on any atom is 0.490 e. The van der Waals surface area contributed by atoms with Gasteiger partial charge >= 0.3 is 12.1 Å². The molecule has 0 radical (unpaired) electrons. The van der Waals surface area contributed by atoms with Crippen molar-refractivity contribution in [2.75, 3.05) is 19.6 Å². The molecule has 1 aromatic heterocycles. The summed E-state index contributed by atoms with van der Waals surface area (Å²) in [5.74, 6) is -2.32. The molecule has 2 saturated heterocycles. The maximum atomic E-state index is 13.3. The van der Waals surface area contributed by atoms with E-state index < -0.39 is 12.1 Å². The number of fused-ring (bicyclic) bond motifs is 1. The first-order valence-electron chi connectivity index (χ1n) is 9.07. The van der Waals surface area contributed by atoms with Crippen LogP contribution < -0.4 is 0 Å². The topological polar surface area (TPSA) is 73.7 Å². The van der Waals surface area contributed by atoms with E-state index in [0.717, 1.165) is 36.8 Å². The van der Waals surface area contributed by atoms with Crippen molar-refractivity contribution in [1.82, 2.24) is 14.8 Å². The van der Waals surface area contributed by atoms with Gasteiger partial charge in [0.2, 0.25) is 5.91 Å². The zero-order valence-corrected chi connectivity index (χ0v) is 16.5. The standard InChI is InChI=1S/C17H18FN3OS.C2HF3O2/c18-14-3-1-2-12(6-14)7-21-9-13-8-20(10-15(13)17(21)22)11-16-19-4-5-23-16;3-2(4,5)1(6)7/h1-6,13,15H,7-11H2;(H,6,7)/t13-,15-;/m0./s1. The van der Waals surface area contributed by atoms with Crippen LogP contribution in [-0.2, 0) is 22.7 Å². The molecule has 0 aliphatic carbocycles. The summed E-state index contributed by atoms with van der Waals surface area (Å²) in [5, 5.41) is 10.2. The second kappa shape index (κ2) is 9.09. The van der Waals surface area contributed by atoms with Crippen LogP contribution in [-0.4, -0.2) is 57.6 Å². The van der Waals surface area contributed by atoms with Crippen LogP contribution in [0.15, 0.2) is 35.8 Å². The molecule has 1 amide bonds. The molecule has 30 heavy (non-hydrogen) atoms. The highest BCUT2D eigenvalue weighted by Gasteiger charge is 2.46. The Bertz CT molecular complexity index is 891. The molecule has 2 aromatic rings. The molecule has 0 spiro atoms. The van der Waals surface area contributed by atoms with Crippen molar-refractivity contribution in [3.63, 3.8) is 0 Å². The van der Waals surface area contributed by atoms with E-state index in [0.29, 0.717) is 12.5 Å². The number of halogens is 4. The number of carboxylic acids is 1. The Kier molecular flexibility index (Phi) is 6.71. The van der Waals surface area contributed by atoms with Crippen LogP contribution >= 0.6 is 11.3 Å². The highest BCUT2D eigenvalue weighted by Crippen LogP contribution is 2.34. The third kappa shape index (κ3) is 5.54. The van der Waals surface area contributed by atoms with E-state index in [1.807, 2.05) is 22.5 Å². The van der Waals surface area contributed by atoms with Gasteiger partial charge in [-0.1, -0.05) is 12.1 Å². The first-order chi connectivity index (χ1) is 14.1.